The molecule has 0 amide bonds. The molecule has 0 aromatic heterocycles. The average Bonchev–Trinajstić information content (AvgIpc) is 3.41. The highest BCUT2D eigenvalue weighted by Crippen LogP contribution is 2.25. The maximum atomic E-state index is 13.4. The average molecular weight is 1110 g/mol. The molecule has 0 heterocycles. The molecule has 0 bridgehead atoms. The number of esters is 7. The standard InChI is InChI=1S/C63H115NO14/c1-9-15-21-27-35-53(36-28-22-16-10-2)46-72-57(66)43-60(69)76-50-63(49-75-56(65)41-33-34-42-64(7)8,51-77-61(70)44-58(67)73-47-54(37-29-23-17-11-3)38-30-24-18-12-4)52-78-62(71)45-59(68)74-48-55(39-31-25-19-13-5)40-32-26-20-14-6/h53-55H,9-52H2,1-8H3. The maximum absolute atomic E-state index is 13.4. The Hall–Kier alpha value is -3.75. The molecule has 0 aliphatic heterocycles. The molecule has 0 saturated carbocycles. The largest absolute Gasteiger partial charge is 0.465 e. The van der Waals surface area contributed by atoms with Crippen molar-refractivity contribution in [3.63, 3.8) is 0 Å². The summed E-state index contributed by atoms with van der Waals surface area (Å²) in [7, 11) is 3.86. The highest BCUT2D eigenvalue weighted by molar-refractivity contribution is 5.92. The zero-order valence-corrected chi connectivity index (χ0v) is 51.0. The van der Waals surface area contributed by atoms with Crippen molar-refractivity contribution < 1.29 is 66.7 Å². The third-order valence-electron chi connectivity index (χ3n) is 14.5. The van der Waals surface area contributed by atoms with Crippen LogP contribution in [0.4, 0.5) is 0 Å². The third kappa shape index (κ3) is 45.0. The normalized spacial score (nSPS) is 11.6. The zero-order chi connectivity index (χ0) is 57.9. The lowest BCUT2D eigenvalue weighted by atomic mass is 9.92. The molecule has 0 aromatic rings. The van der Waals surface area contributed by atoms with Crippen molar-refractivity contribution in [2.45, 2.75) is 273 Å². The summed E-state index contributed by atoms with van der Waals surface area (Å²) < 4.78 is 39.7. The minimum Gasteiger partial charge on any atom is -0.465 e. The van der Waals surface area contributed by atoms with Gasteiger partial charge in [-0.3, -0.25) is 33.6 Å². The molecule has 78 heavy (non-hydrogen) atoms. The molecule has 15 heteroatoms. The predicted octanol–water partition coefficient (Wildman–Crippen LogP) is 14.3. The number of hydrogen-bond donors (Lipinski definition) is 0. The van der Waals surface area contributed by atoms with E-state index in [1.54, 1.807) is 0 Å². The van der Waals surface area contributed by atoms with Crippen LogP contribution in [-0.4, -0.2) is 114 Å². The van der Waals surface area contributed by atoms with Crippen LogP contribution in [0.25, 0.3) is 0 Å². The van der Waals surface area contributed by atoms with Gasteiger partial charge in [-0.05, 0) is 89.8 Å². The van der Waals surface area contributed by atoms with Crippen LogP contribution in [0.1, 0.15) is 273 Å². The summed E-state index contributed by atoms with van der Waals surface area (Å²) in [6.45, 7) is 11.9. The van der Waals surface area contributed by atoms with Crippen molar-refractivity contribution >= 4 is 41.8 Å². The summed E-state index contributed by atoms with van der Waals surface area (Å²) in [6, 6.07) is 0. The predicted molar refractivity (Wildman–Crippen MR) is 308 cm³/mol. The minimum absolute atomic E-state index is 0.0570. The number of carbonyl (C=O) groups is 7. The van der Waals surface area contributed by atoms with E-state index in [0.717, 1.165) is 206 Å². The first-order valence-electron chi connectivity index (χ1n) is 31.4. The Morgan fingerprint density at radius 2 is 0.551 bits per heavy atom. The Labute approximate surface area is 474 Å². The van der Waals surface area contributed by atoms with Crippen LogP contribution >= 0.6 is 0 Å². The van der Waals surface area contributed by atoms with Crippen molar-refractivity contribution in [2.24, 2.45) is 23.2 Å². The number of hydrogen-bond acceptors (Lipinski definition) is 15. The van der Waals surface area contributed by atoms with E-state index in [1.165, 1.54) is 0 Å². The molecule has 15 nitrogen and oxygen atoms in total. The first kappa shape index (κ1) is 74.2. The molecule has 0 aliphatic rings. The maximum Gasteiger partial charge on any atom is 0.317 e. The van der Waals surface area contributed by atoms with Crippen LogP contribution in [0.2, 0.25) is 0 Å². The van der Waals surface area contributed by atoms with Gasteiger partial charge in [0.25, 0.3) is 0 Å². The van der Waals surface area contributed by atoms with Crippen molar-refractivity contribution in [3.8, 4) is 0 Å². The summed E-state index contributed by atoms with van der Waals surface area (Å²) in [6.07, 6.45) is 31.0. The Kier molecular flexibility index (Phi) is 48.9. The Morgan fingerprint density at radius 3 is 0.795 bits per heavy atom. The van der Waals surface area contributed by atoms with Crippen LogP contribution in [0.5, 0.6) is 0 Å². The monoisotopic (exact) mass is 1110 g/mol. The van der Waals surface area contributed by atoms with E-state index in [0.29, 0.717) is 6.42 Å². The fourth-order valence-corrected chi connectivity index (χ4v) is 9.34. The van der Waals surface area contributed by atoms with Gasteiger partial charge in [0.2, 0.25) is 0 Å². The second kappa shape index (κ2) is 51.4. The molecule has 0 unspecified atom stereocenters. The van der Waals surface area contributed by atoms with Crippen LogP contribution in [0.3, 0.4) is 0 Å². The van der Waals surface area contributed by atoms with Crippen LogP contribution in [0, 0.1) is 23.2 Å². The molecule has 456 valence electrons. The van der Waals surface area contributed by atoms with Crippen LogP contribution in [0.15, 0.2) is 0 Å². The fraction of sp³-hybridized carbons (Fsp3) is 0.889. The summed E-state index contributed by atoms with van der Waals surface area (Å²) in [4.78, 5) is 94.9. The van der Waals surface area contributed by atoms with Gasteiger partial charge in [0.15, 0.2) is 0 Å². The highest BCUT2D eigenvalue weighted by Gasteiger charge is 2.39. The van der Waals surface area contributed by atoms with Crippen molar-refractivity contribution in [2.75, 3.05) is 66.9 Å². The van der Waals surface area contributed by atoms with Crippen molar-refractivity contribution in [1.29, 1.82) is 0 Å². The van der Waals surface area contributed by atoms with E-state index < -0.39 is 92.9 Å². The van der Waals surface area contributed by atoms with Gasteiger partial charge < -0.3 is 38.1 Å². The highest BCUT2D eigenvalue weighted by atomic mass is 16.6. The number of ether oxygens (including phenoxy) is 7. The van der Waals surface area contributed by atoms with E-state index in [1.807, 2.05) is 19.0 Å². The molecule has 0 fully saturated rings. The first-order valence-corrected chi connectivity index (χ1v) is 31.4. The molecule has 0 N–H and O–H groups in total. The van der Waals surface area contributed by atoms with Gasteiger partial charge in [-0.15, -0.1) is 0 Å². The van der Waals surface area contributed by atoms with Crippen molar-refractivity contribution in [3.05, 3.63) is 0 Å². The van der Waals surface area contributed by atoms with Gasteiger partial charge in [0, 0.05) is 6.42 Å². The summed E-state index contributed by atoms with van der Waals surface area (Å²) in [5.74, 6) is -5.22. The second-order valence-electron chi connectivity index (χ2n) is 22.7. The second-order valence-corrected chi connectivity index (χ2v) is 22.7. The smallest absolute Gasteiger partial charge is 0.317 e. The van der Waals surface area contributed by atoms with Gasteiger partial charge >= 0.3 is 41.8 Å². The van der Waals surface area contributed by atoms with E-state index in [2.05, 4.69) is 41.5 Å². The molecule has 0 aromatic carbocycles. The first-order chi connectivity index (χ1) is 37.7. The lowest BCUT2D eigenvalue weighted by Gasteiger charge is -2.31. The number of carbonyl (C=O) groups excluding carboxylic acids is 7. The van der Waals surface area contributed by atoms with Gasteiger partial charge in [-0.25, -0.2) is 0 Å². The molecular formula is C63H115NO14. The van der Waals surface area contributed by atoms with Gasteiger partial charge in [0.05, 0.1) is 19.8 Å². The quantitative estimate of drug-likeness (QED) is 0.0242. The summed E-state index contributed by atoms with van der Waals surface area (Å²) in [5.41, 5.74) is -1.72. The Bertz CT molecular complexity index is 1350. The molecule has 0 aliphatic carbocycles. The molecule has 0 radical (unpaired) electrons. The van der Waals surface area contributed by atoms with Crippen LogP contribution < -0.4 is 0 Å². The molecule has 0 rings (SSSR count). The molecule has 0 spiro atoms. The van der Waals surface area contributed by atoms with E-state index in [4.69, 9.17) is 33.2 Å². The number of nitrogens with zero attached hydrogens (tertiary/aromatic N) is 1. The Balaban J connectivity index is 6.46. The fourth-order valence-electron chi connectivity index (χ4n) is 9.34. The van der Waals surface area contributed by atoms with Crippen molar-refractivity contribution in [1.82, 2.24) is 4.90 Å². The van der Waals surface area contributed by atoms with Gasteiger partial charge in [0.1, 0.15) is 51.1 Å². The lowest BCUT2D eigenvalue weighted by Crippen LogP contribution is -2.44. The minimum atomic E-state index is -1.72. The van der Waals surface area contributed by atoms with E-state index >= 15 is 0 Å². The summed E-state index contributed by atoms with van der Waals surface area (Å²) >= 11 is 0. The lowest BCUT2D eigenvalue weighted by molar-refractivity contribution is -0.172. The topological polar surface area (TPSA) is 187 Å². The summed E-state index contributed by atoms with van der Waals surface area (Å²) in [5, 5.41) is 0. The van der Waals surface area contributed by atoms with E-state index in [9.17, 15) is 33.6 Å². The Morgan fingerprint density at radius 1 is 0.308 bits per heavy atom. The zero-order valence-electron chi connectivity index (χ0n) is 51.0. The SMILES string of the molecule is CCCCCCC(CCCCCC)COC(=O)CC(=O)OCC(COC(=O)CCCCN(C)C)(COC(=O)CC(=O)OCC(CCCCCC)CCCCCC)COC(=O)CC(=O)OCC(CCCCCC)CCCCCC. The molecule has 0 saturated heterocycles. The molecule has 0 atom stereocenters. The van der Waals surface area contributed by atoms with Gasteiger partial charge in [-0.1, -0.05) is 196 Å². The number of unbranched alkanes of at least 4 members (excludes halogenated alkanes) is 19. The van der Waals surface area contributed by atoms with Crippen LogP contribution in [-0.2, 0) is 66.7 Å². The van der Waals surface area contributed by atoms with Gasteiger partial charge in [-0.2, -0.15) is 0 Å². The van der Waals surface area contributed by atoms with E-state index in [-0.39, 0.29) is 44.0 Å². The third-order valence-corrected chi connectivity index (χ3v) is 14.5. The number of rotatable bonds is 55. The molecular weight excluding hydrogens is 995 g/mol.